The van der Waals surface area contributed by atoms with E-state index in [1.165, 1.54) is 57.8 Å². The highest BCUT2D eigenvalue weighted by molar-refractivity contribution is 5.71. The van der Waals surface area contributed by atoms with Crippen LogP contribution in [0.2, 0.25) is 0 Å². The number of hydrogen-bond acceptors (Lipinski definition) is 6. The van der Waals surface area contributed by atoms with Gasteiger partial charge >= 0.3 is 17.9 Å². The zero-order valence-electron chi connectivity index (χ0n) is 40.4. The summed E-state index contributed by atoms with van der Waals surface area (Å²) in [6.07, 6.45) is 33.3. The minimum atomic E-state index is -0.824. The molecule has 0 amide bonds. The Bertz CT molecular complexity index is 1520. The average Bonchev–Trinajstić information content (AvgIpc) is 3.28. The molecule has 0 N–H and O–H groups in total. The van der Waals surface area contributed by atoms with Gasteiger partial charge in [0, 0.05) is 57.8 Å². The monoisotopic (exact) mass is 867 g/mol. The third kappa shape index (κ3) is 48.7. The molecule has 0 aromatic carbocycles. The zero-order valence-corrected chi connectivity index (χ0v) is 40.4. The van der Waals surface area contributed by atoms with Gasteiger partial charge < -0.3 is 14.2 Å². The third-order valence-corrected chi connectivity index (χ3v) is 10.2. The van der Waals surface area contributed by atoms with Crippen LogP contribution in [-0.2, 0) is 28.6 Å². The molecule has 0 aromatic heterocycles. The van der Waals surface area contributed by atoms with Gasteiger partial charge in [0.15, 0.2) is 6.10 Å². The summed E-state index contributed by atoms with van der Waals surface area (Å²) < 4.78 is 16.7. The van der Waals surface area contributed by atoms with Gasteiger partial charge in [-0.25, -0.2) is 0 Å². The fourth-order valence-corrected chi connectivity index (χ4v) is 6.45. The van der Waals surface area contributed by atoms with Gasteiger partial charge in [-0.2, -0.15) is 0 Å². The lowest BCUT2D eigenvalue weighted by Crippen LogP contribution is -2.30. The second kappa shape index (κ2) is 50.4. The van der Waals surface area contributed by atoms with Crippen molar-refractivity contribution in [2.75, 3.05) is 13.2 Å². The third-order valence-electron chi connectivity index (χ3n) is 10.2. The molecule has 63 heavy (non-hydrogen) atoms. The van der Waals surface area contributed by atoms with E-state index in [-0.39, 0.29) is 37.5 Å². The molecule has 6 nitrogen and oxygen atoms in total. The minimum absolute atomic E-state index is 0.122. The smallest absolute Gasteiger partial charge is 0.306 e. The fraction of sp³-hybridized carbons (Fsp3) is 0.737. The maximum Gasteiger partial charge on any atom is 0.306 e. The molecule has 1 atom stereocenters. The molecule has 0 saturated heterocycles. The van der Waals surface area contributed by atoms with Crippen molar-refractivity contribution >= 4 is 17.9 Å². The van der Waals surface area contributed by atoms with Gasteiger partial charge in [-0.05, 0) is 51.4 Å². The summed E-state index contributed by atoms with van der Waals surface area (Å²) in [5.74, 6) is 36.7. The van der Waals surface area contributed by atoms with Crippen molar-refractivity contribution in [3.63, 3.8) is 0 Å². The molecule has 350 valence electrons. The Balaban J connectivity index is 4.50. The van der Waals surface area contributed by atoms with Crippen molar-refractivity contribution in [2.45, 2.75) is 258 Å². The van der Waals surface area contributed by atoms with Crippen LogP contribution in [0.3, 0.4) is 0 Å². The number of hydrogen-bond donors (Lipinski definition) is 0. The standard InChI is InChI=1S/C57H86O6/c1-4-7-10-13-16-19-22-25-28-31-34-37-40-43-46-49-55(58)61-52-54(63-57(60)51-48-45-42-39-36-33-30-27-24-21-18-15-12-9-6-3)53-62-56(59)50-47-44-41-38-35-32-29-26-23-20-17-14-11-8-5-2/h54H,4-7,9-10,12-15,18,21-24,31-53H2,1-3H3. The highest BCUT2D eigenvalue weighted by Gasteiger charge is 2.19. The van der Waals surface area contributed by atoms with Gasteiger partial charge in [-0.3, -0.25) is 14.4 Å². The van der Waals surface area contributed by atoms with Gasteiger partial charge in [0.25, 0.3) is 0 Å². The second-order valence-electron chi connectivity index (χ2n) is 16.3. The molecular formula is C57H86O6. The lowest BCUT2D eigenvalue weighted by atomic mass is 10.1. The molecule has 0 heterocycles. The molecule has 0 saturated carbocycles. The molecule has 0 spiro atoms. The first-order valence-corrected chi connectivity index (χ1v) is 25.3. The van der Waals surface area contributed by atoms with Crippen LogP contribution in [0, 0.1) is 71.0 Å². The van der Waals surface area contributed by atoms with Crippen LogP contribution in [0.5, 0.6) is 0 Å². The van der Waals surface area contributed by atoms with E-state index in [0.717, 1.165) is 135 Å². The Kier molecular flexibility index (Phi) is 47.0. The van der Waals surface area contributed by atoms with Crippen molar-refractivity contribution in [3.8, 4) is 71.0 Å². The number of carbonyl (C=O) groups excluding carboxylic acids is 3. The van der Waals surface area contributed by atoms with Crippen LogP contribution in [0.15, 0.2) is 0 Å². The SMILES string of the molecule is CCC#CCC#CCC#CCCCCCCCC(=O)OCC(COC(=O)CCCCCCCC#CCC#CCCCCC)OC(=O)CCCCCCCC#CCCCCCCCC. The number of ether oxygens (including phenoxy) is 3. The summed E-state index contributed by atoms with van der Waals surface area (Å²) in [6.45, 7) is 6.22. The van der Waals surface area contributed by atoms with E-state index in [1.807, 2.05) is 6.92 Å². The average molecular weight is 867 g/mol. The Labute approximate surface area is 387 Å². The van der Waals surface area contributed by atoms with Gasteiger partial charge in [0.05, 0.1) is 19.3 Å². The van der Waals surface area contributed by atoms with Crippen LogP contribution < -0.4 is 0 Å². The van der Waals surface area contributed by atoms with E-state index in [9.17, 15) is 14.4 Å². The summed E-state index contributed by atoms with van der Waals surface area (Å²) in [5.41, 5.74) is 0. The predicted octanol–water partition coefficient (Wildman–Crippen LogP) is 14.1. The Morgan fingerprint density at radius 1 is 0.333 bits per heavy atom. The van der Waals surface area contributed by atoms with Gasteiger partial charge in [-0.1, -0.05) is 159 Å². The van der Waals surface area contributed by atoms with Crippen LogP contribution in [0.4, 0.5) is 0 Å². The molecule has 0 aliphatic rings. The van der Waals surface area contributed by atoms with E-state index in [1.54, 1.807) is 0 Å². The Morgan fingerprint density at radius 3 is 1.02 bits per heavy atom. The highest BCUT2D eigenvalue weighted by atomic mass is 16.6. The lowest BCUT2D eigenvalue weighted by Gasteiger charge is -2.18. The van der Waals surface area contributed by atoms with E-state index in [2.05, 4.69) is 84.9 Å². The first-order valence-electron chi connectivity index (χ1n) is 25.3. The van der Waals surface area contributed by atoms with Crippen molar-refractivity contribution in [1.29, 1.82) is 0 Å². The first kappa shape index (κ1) is 58.8. The van der Waals surface area contributed by atoms with E-state index >= 15 is 0 Å². The summed E-state index contributed by atoms with van der Waals surface area (Å²) in [7, 11) is 0. The van der Waals surface area contributed by atoms with Crippen molar-refractivity contribution in [2.24, 2.45) is 0 Å². The Hall–Kier alpha value is -4.23. The maximum absolute atomic E-state index is 12.8. The van der Waals surface area contributed by atoms with Crippen molar-refractivity contribution < 1.29 is 28.6 Å². The Morgan fingerprint density at radius 2 is 0.619 bits per heavy atom. The predicted molar refractivity (Wildman–Crippen MR) is 262 cm³/mol. The van der Waals surface area contributed by atoms with Crippen molar-refractivity contribution in [1.82, 2.24) is 0 Å². The zero-order chi connectivity index (χ0) is 45.8. The molecule has 0 aromatic rings. The molecule has 0 bridgehead atoms. The van der Waals surface area contributed by atoms with Gasteiger partial charge in [-0.15, -0.1) is 35.5 Å². The van der Waals surface area contributed by atoms with Crippen molar-refractivity contribution in [3.05, 3.63) is 0 Å². The molecule has 0 aliphatic carbocycles. The quantitative estimate of drug-likeness (QED) is 0.0273. The van der Waals surface area contributed by atoms with Crippen LogP contribution in [0.1, 0.15) is 252 Å². The number of esters is 3. The maximum atomic E-state index is 12.8. The van der Waals surface area contributed by atoms with Gasteiger partial charge in [0.2, 0.25) is 0 Å². The lowest BCUT2D eigenvalue weighted by molar-refractivity contribution is -0.167. The molecule has 0 radical (unpaired) electrons. The van der Waals surface area contributed by atoms with Crippen LogP contribution in [-0.4, -0.2) is 37.2 Å². The molecule has 0 aliphatic heterocycles. The first-order chi connectivity index (χ1) is 31.0. The fourth-order valence-electron chi connectivity index (χ4n) is 6.45. The second-order valence-corrected chi connectivity index (χ2v) is 16.3. The molecule has 0 fully saturated rings. The summed E-state index contributed by atoms with van der Waals surface area (Å²) >= 11 is 0. The topological polar surface area (TPSA) is 78.9 Å². The molecule has 6 heteroatoms. The minimum Gasteiger partial charge on any atom is -0.462 e. The summed E-state index contributed by atoms with van der Waals surface area (Å²) in [4.78, 5) is 37.9. The molecule has 1 unspecified atom stereocenters. The number of carbonyl (C=O) groups is 3. The van der Waals surface area contributed by atoms with E-state index in [4.69, 9.17) is 14.2 Å². The van der Waals surface area contributed by atoms with Gasteiger partial charge in [0.1, 0.15) is 13.2 Å². The van der Waals surface area contributed by atoms with Crippen LogP contribution in [0.25, 0.3) is 0 Å². The van der Waals surface area contributed by atoms with Crippen LogP contribution >= 0.6 is 0 Å². The summed E-state index contributed by atoms with van der Waals surface area (Å²) in [5, 5.41) is 0. The largest absolute Gasteiger partial charge is 0.462 e. The van der Waals surface area contributed by atoms with E-state index in [0.29, 0.717) is 32.1 Å². The number of unbranched alkanes of at least 4 members (excludes halogenated alkanes) is 24. The summed E-state index contributed by atoms with van der Waals surface area (Å²) in [6, 6.07) is 0. The molecular weight excluding hydrogens is 781 g/mol. The molecule has 0 rings (SSSR count). The van der Waals surface area contributed by atoms with E-state index < -0.39 is 6.10 Å². The number of rotatable bonds is 35. The normalized spacial score (nSPS) is 10.3. The highest BCUT2D eigenvalue weighted by Crippen LogP contribution is 2.13.